The minimum absolute atomic E-state index is 0. The van der Waals surface area contributed by atoms with Crippen molar-refractivity contribution in [1.29, 1.82) is 0 Å². The van der Waals surface area contributed by atoms with Crippen molar-refractivity contribution in [2.45, 2.75) is 50.0 Å². The van der Waals surface area contributed by atoms with Crippen LogP contribution >= 0.6 is 12.4 Å². The average Bonchev–Trinajstić information content (AvgIpc) is 3.05. The summed E-state index contributed by atoms with van der Waals surface area (Å²) < 4.78 is 13.4. The summed E-state index contributed by atoms with van der Waals surface area (Å²) in [7, 11) is 0. The molecular weight excluding hydrogens is 346 g/mol. The summed E-state index contributed by atoms with van der Waals surface area (Å²) in [5, 5.41) is 3.71. The minimum atomic E-state index is -0.848. The maximum absolute atomic E-state index is 6.87. The molecule has 2 aromatic carbocycles. The van der Waals surface area contributed by atoms with Gasteiger partial charge >= 0.3 is 0 Å². The van der Waals surface area contributed by atoms with Crippen LogP contribution in [0.25, 0.3) is 0 Å². The lowest BCUT2D eigenvalue weighted by molar-refractivity contribution is -0.180. The molecule has 2 saturated heterocycles. The van der Waals surface area contributed by atoms with Gasteiger partial charge < -0.3 is 14.8 Å². The zero-order chi connectivity index (χ0) is 17.4. The molecule has 2 aliphatic heterocycles. The van der Waals surface area contributed by atoms with Crippen LogP contribution in [-0.4, -0.2) is 24.3 Å². The van der Waals surface area contributed by atoms with Crippen molar-refractivity contribution >= 4 is 12.4 Å². The molecule has 2 aromatic rings. The highest BCUT2D eigenvalue weighted by atomic mass is 35.5. The molecule has 4 rings (SSSR count). The van der Waals surface area contributed by atoms with Gasteiger partial charge in [0.15, 0.2) is 0 Å². The van der Waals surface area contributed by atoms with Gasteiger partial charge in [-0.25, -0.2) is 0 Å². The summed E-state index contributed by atoms with van der Waals surface area (Å²) in [5.41, 5.74) is 1.61. The van der Waals surface area contributed by atoms with E-state index in [9.17, 15) is 0 Å². The van der Waals surface area contributed by atoms with Gasteiger partial charge in [0.05, 0.1) is 6.61 Å². The smallest absolute Gasteiger partial charge is 0.223 e. The zero-order valence-corrected chi connectivity index (χ0v) is 16.4. The van der Waals surface area contributed by atoms with Crippen LogP contribution in [0.2, 0.25) is 0 Å². The number of halogens is 1. The standard InChI is InChI=1S/C22H27NO2.ClH/c1-20(15-9-10-16-23-20)21(2)17-24-22(25-21,18-11-5-3-6-12-18)19-13-7-4-8-14-19;/h3-8,11-14,23H,9-10,15-17H2,1-2H3;1H/t20-,21+;/m1./s1. The lowest BCUT2D eigenvalue weighted by atomic mass is 9.77. The molecule has 0 aromatic heterocycles. The maximum Gasteiger partial charge on any atom is 0.223 e. The highest BCUT2D eigenvalue weighted by Crippen LogP contribution is 2.49. The van der Waals surface area contributed by atoms with Crippen LogP contribution in [0.3, 0.4) is 0 Å². The summed E-state index contributed by atoms with van der Waals surface area (Å²) in [6.45, 7) is 6.08. The van der Waals surface area contributed by atoms with Gasteiger partial charge in [-0.3, -0.25) is 0 Å². The van der Waals surface area contributed by atoms with Crippen molar-refractivity contribution in [2.75, 3.05) is 13.2 Å². The van der Waals surface area contributed by atoms with Crippen molar-refractivity contribution in [2.24, 2.45) is 0 Å². The SMILES string of the molecule is C[C@]1([C@]2(C)COC(c3ccccc3)(c3ccccc3)O2)CCCCN1.Cl. The van der Waals surface area contributed by atoms with Crippen molar-refractivity contribution in [3.8, 4) is 0 Å². The summed E-state index contributed by atoms with van der Waals surface area (Å²) in [6.07, 6.45) is 3.56. The zero-order valence-electron chi connectivity index (χ0n) is 15.5. The monoisotopic (exact) mass is 373 g/mol. The number of nitrogens with one attached hydrogen (secondary N) is 1. The van der Waals surface area contributed by atoms with E-state index in [1.54, 1.807) is 0 Å². The third-order valence-corrected chi connectivity index (χ3v) is 6.01. The second kappa shape index (κ2) is 7.32. The molecule has 26 heavy (non-hydrogen) atoms. The average molecular weight is 374 g/mol. The van der Waals surface area contributed by atoms with Crippen LogP contribution in [0.5, 0.6) is 0 Å². The second-order valence-corrected chi connectivity index (χ2v) is 7.69. The van der Waals surface area contributed by atoms with Crippen molar-refractivity contribution < 1.29 is 9.47 Å². The Morgan fingerprint density at radius 1 is 0.846 bits per heavy atom. The highest BCUT2D eigenvalue weighted by molar-refractivity contribution is 5.85. The lowest BCUT2D eigenvalue weighted by Gasteiger charge is -2.46. The van der Waals surface area contributed by atoms with Gasteiger partial charge in [0.1, 0.15) is 5.60 Å². The Morgan fingerprint density at radius 2 is 1.42 bits per heavy atom. The van der Waals surface area contributed by atoms with E-state index in [2.05, 4.69) is 43.4 Å². The molecule has 2 aliphatic rings. The molecule has 140 valence electrons. The van der Waals surface area contributed by atoms with E-state index in [4.69, 9.17) is 9.47 Å². The predicted octanol–water partition coefficient (Wildman–Crippen LogP) is 4.65. The topological polar surface area (TPSA) is 30.5 Å². The largest absolute Gasteiger partial charge is 0.339 e. The molecule has 2 fully saturated rings. The number of ether oxygens (including phenoxy) is 2. The Morgan fingerprint density at radius 3 is 1.92 bits per heavy atom. The maximum atomic E-state index is 6.87. The third kappa shape index (κ3) is 3.07. The Kier molecular flexibility index (Phi) is 5.45. The molecule has 1 N–H and O–H groups in total. The molecule has 3 nitrogen and oxygen atoms in total. The predicted molar refractivity (Wildman–Crippen MR) is 107 cm³/mol. The summed E-state index contributed by atoms with van der Waals surface area (Å²) in [4.78, 5) is 0. The minimum Gasteiger partial charge on any atom is -0.339 e. The van der Waals surface area contributed by atoms with Gasteiger partial charge in [-0.15, -0.1) is 12.4 Å². The van der Waals surface area contributed by atoms with Crippen LogP contribution < -0.4 is 5.32 Å². The molecule has 0 saturated carbocycles. The fourth-order valence-electron chi connectivity index (χ4n) is 4.16. The Bertz CT molecular complexity index is 676. The van der Waals surface area contributed by atoms with E-state index >= 15 is 0 Å². The third-order valence-electron chi connectivity index (χ3n) is 6.01. The van der Waals surface area contributed by atoms with Gasteiger partial charge in [-0.1, -0.05) is 67.1 Å². The Labute approximate surface area is 162 Å². The normalized spacial score (nSPS) is 30.5. The molecule has 2 heterocycles. The van der Waals surface area contributed by atoms with E-state index in [1.165, 1.54) is 12.8 Å². The molecule has 0 amide bonds. The van der Waals surface area contributed by atoms with Gasteiger partial charge in [0.25, 0.3) is 0 Å². The van der Waals surface area contributed by atoms with Gasteiger partial charge in [0.2, 0.25) is 5.79 Å². The molecular formula is C22H28ClNO2. The number of rotatable bonds is 3. The first-order chi connectivity index (χ1) is 12.1. The van der Waals surface area contributed by atoms with Crippen molar-refractivity contribution in [3.63, 3.8) is 0 Å². The van der Waals surface area contributed by atoms with Crippen molar-refractivity contribution in [3.05, 3.63) is 71.8 Å². The number of piperidine rings is 1. The molecule has 0 bridgehead atoms. The van der Waals surface area contributed by atoms with Crippen LogP contribution in [-0.2, 0) is 15.3 Å². The van der Waals surface area contributed by atoms with E-state index in [0.717, 1.165) is 24.1 Å². The Balaban J connectivity index is 0.00000196. The number of hydrogen-bond acceptors (Lipinski definition) is 3. The molecule has 2 atom stereocenters. The summed E-state index contributed by atoms with van der Waals surface area (Å²) in [6, 6.07) is 20.6. The van der Waals surface area contributed by atoms with Crippen LogP contribution in [0.4, 0.5) is 0 Å². The quantitative estimate of drug-likeness (QED) is 0.849. The molecule has 0 spiro atoms. The molecule has 0 aliphatic carbocycles. The second-order valence-electron chi connectivity index (χ2n) is 7.69. The van der Waals surface area contributed by atoms with Crippen LogP contribution in [0, 0.1) is 0 Å². The fraction of sp³-hybridized carbons (Fsp3) is 0.455. The highest BCUT2D eigenvalue weighted by Gasteiger charge is 2.58. The number of hydrogen-bond donors (Lipinski definition) is 1. The molecule has 0 radical (unpaired) electrons. The Hall–Kier alpha value is -1.39. The van der Waals surface area contributed by atoms with E-state index in [1.807, 2.05) is 36.4 Å². The summed E-state index contributed by atoms with van der Waals surface area (Å²) >= 11 is 0. The van der Waals surface area contributed by atoms with Gasteiger partial charge in [-0.2, -0.15) is 0 Å². The van der Waals surface area contributed by atoms with Gasteiger partial charge in [0, 0.05) is 16.7 Å². The first-order valence-electron chi connectivity index (χ1n) is 9.28. The lowest BCUT2D eigenvalue weighted by Crippen LogP contribution is -2.63. The molecule has 0 unspecified atom stereocenters. The van der Waals surface area contributed by atoms with Gasteiger partial charge in [-0.05, 0) is 33.2 Å². The molecule has 4 heteroatoms. The first-order valence-corrected chi connectivity index (χ1v) is 9.28. The van der Waals surface area contributed by atoms with Crippen molar-refractivity contribution in [1.82, 2.24) is 5.32 Å². The summed E-state index contributed by atoms with van der Waals surface area (Å²) in [5.74, 6) is -0.848. The van der Waals surface area contributed by atoms with E-state index in [0.29, 0.717) is 6.61 Å². The van der Waals surface area contributed by atoms with Crippen LogP contribution in [0.1, 0.15) is 44.2 Å². The first kappa shape index (κ1) is 19.4. The van der Waals surface area contributed by atoms with E-state index in [-0.39, 0.29) is 23.5 Å². The van der Waals surface area contributed by atoms with E-state index < -0.39 is 5.79 Å². The fourth-order valence-corrected chi connectivity index (χ4v) is 4.16. The van der Waals surface area contributed by atoms with Crippen LogP contribution in [0.15, 0.2) is 60.7 Å². The number of benzene rings is 2.